The Morgan fingerprint density at radius 2 is 2.00 bits per heavy atom. The molecule has 0 radical (unpaired) electrons. The number of rotatable bonds is 3. The van der Waals surface area contributed by atoms with Crippen LogP contribution in [0.2, 0.25) is 5.02 Å². The summed E-state index contributed by atoms with van der Waals surface area (Å²) in [6.45, 7) is 6.40. The molecule has 3 nitrogen and oxygen atoms in total. The normalized spacial score (nSPS) is 12.5. The van der Waals surface area contributed by atoms with E-state index in [9.17, 15) is 4.79 Å². The van der Waals surface area contributed by atoms with Crippen LogP contribution in [0.5, 0.6) is 0 Å². The minimum atomic E-state index is -0.498. The minimum absolute atomic E-state index is 0. The van der Waals surface area contributed by atoms with E-state index < -0.39 is 6.04 Å². The fourth-order valence-electron chi connectivity index (χ4n) is 1.59. The minimum Gasteiger partial charge on any atom is -0.340 e. The number of hydrogen-bond donors (Lipinski definition) is 1. The Hall–Kier alpha value is -0.770. The lowest BCUT2D eigenvalue weighted by Gasteiger charge is -2.30. The van der Waals surface area contributed by atoms with Crippen molar-refractivity contribution >= 4 is 29.9 Å². The van der Waals surface area contributed by atoms with Gasteiger partial charge in [0.05, 0.1) is 6.04 Å². The van der Waals surface area contributed by atoms with Gasteiger partial charge in [0, 0.05) is 18.6 Å². The van der Waals surface area contributed by atoms with Crippen LogP contribution >= 0.6 is 24.0 Å². The second-order valence-electron chi connectivity index (χ2n) is 5.67. The maximum atomic E-state index is 12.1. The first kappa shape index (κ1) is 18.2. The molecule has 1 aromatic rings. The van der Waals surface area contributed by atoms with Gasteiger partial charge in [-0.05, 0) is 23.1 Å². The SMILES string of the molecule is CN(Cc1cccc(Cl)c1)C(=O)[C@@H](N)C(C)(C)C.Cl. The third-order valence-electron chi connectivity index (χ3n) is 2.88. The molecule has 5 heteroatoms. The number of amides is 1. The van der Waals surface area contributed by atoms with Crippen LogP contribution < -0.4 is 5.73 Å². The first-order valence-electron chi connectivity index (χ1n) is 5.97. The Labute approximate surface area is 126 Å². The molecular formula is C14H22Cl2N2O. The topological polar surface area (TPSA) is 46.3 Å². The Balaban J connectivity index is 0.00000324. The molecule has 0 saturated heterocycles. The van der Waals surface area contributed by atoms with E-state index in [1.54, 1.807) is 11.9 Å². The van der Waals surface area contributed by atoms with Gasteiger partial charge in [-0.25, -0.2) is 0 Å². The first-order valence-corrected chi connectivity index (χ1v) is 6.34. The van der Waals surface area contributed by atoms with Crippen molar-refractivity contribution in [3.63, 3.8) is 0 Å². The lowest BCUT2D eigenvalue weighted by molar-refractivity contribution is -0.134. The van der Waals surface area contributed by atoms with Crippen LogP contribution in [0.15, 0.2) is 24.3 Å². The smallest absolute Gasteiger partial charge is 0.240 e. The Kier molecular flexibility index (Phi) is 6.84. The zero-order valence-corrected chi connectivity index (χ0v) is 13.4. The van der Waals surface area contributed by atoms with Gasteiger partial charge in [-0.15, -0.1) is 12.4 Å². The molecule has 1 amide bonds. The average molecular weight is 305 g/mol. The van der Waals surface area contributed by atoms with Crippen molar-refractivity contribution in [2.24, 2.45) is 11.1 Å². The Morgan fingerprint density at radius 3 is 2.47 bits per heavy atom. The van der Waals surface area contributed by atoms with Gasteiger partial charge in [-0.3, -0.25) is 4.79 Å². The van der Waals surface area contributed by atoms with E-state index in [1.807, 2.05) is 45.0 Å². The number of nitrogens with zero attached hydrogens (tertiary/aromatic N) is 1. The molecule has 0 bridgehead atoms. The third kappa shape index (κ3) is 5.39. The lowest BCUT2D eigenvalue weighted by atomic mass is 9.86. The quantitative estimate of drug-likeness (QED) is 0.933. The van der Waals surface area contributed by atoms with Gasteiger partial charge in [0.25, 0.3) is 0 Å². The summed E-state index contributed by atoms with van der Waals surface area (Å²) in [5.74, 6) is -0.0533. The van der Waals surface area contributed by atoms with Crippen LogP contribution in [-0.4, -0.2) is 23.9 Å². The number of carbonyl (C=O) groups excluding carboxylic acids is 1. The van der Waals surface area contributed by atoms with E-state index in [0.29, 0.717) is 11.6 Å². The molecule has 19 heavy (non-hydrogen) atoms. The molecule has 0 saturated carbocycles. The summed E-state index contributed by atoms with van der Waals surface area (Å²) in [7, 11) is 1.76. The summed E-state index contributed by atoms with van der Waals surface area (Å²) >= 11 is 5.91. The van der Waals surface area contributed by atoms with Gasteiger partial charge < -0.3 is 10.6 Å². The molecule has 0 aliphatic carbocycles. The summed E-state index contributed by atoms with van der Waals surface area (Å²) in [5.41, 5.74) is 6.72. The second kappa shape index (κ2) is 7.13. The van der Waals surface area contributed by atoms with Gasteiger partial charge in [0.1, 0.15) is 0 Å². The average Bonchev–Trinajstić information content (AvgIpc) is 2.25. The molecule has 0 spiro atoms. The zero-order valence-electron chi connectivity index (χ0n) is 11.8. The molecule has 1 rings (SSSR count). The largest absolute Gasteiger partial charge is 0.340 e. The number of nitrogens with two attached hydrogens (primary N) is 1. The van der Waals surface area contributed by atoms with Gasteiger partial charge >= 0.3 is 0 Å². The van der Waals surface area contributed by atoms with E-state index in [-0.39, 0.29) is 23.7 Å². The predicted octanol–water partition coefficient (Wildman–Crippen LogP) is 3.09. The van der Waals surface area contributed by atoms with E-state index in [2.05, 4.69) is 0 Å². The number of likely N-dealkylation sites (N-methyl/N-ethyl adjacent to an activating group) is 1. The molecule has 0 unspecified atom stereocenters. The Morgan fingerprint density at radius 1 is 1.42 bits per heavy atom. The highest BCUT2D eigenvalue weighted by molar-refractivity contribution is 6.30. The van der Waals surface area contributed by atoms with E-state index in [1.165, 1.54) is 0 Å². The first-order chi connectivity index (χ1) is 8.21. The summed E-state index contributed by atoms with van der Waals surface area (Å²) < 4.78 is 0. The van der Waals surface area contributed by atoms with Crippen molar-refractivity contribution < 1.29 is 4.79 Å². The summed E-state index contributed by atoms with van der Waals surface area (Å²) in [4.78, 5) is 13.8. The highest BCUT2D eigenvalue weighted by Crippen LogP contribution is 2.20. The Bertz CT molecular complexity index is 430. The zero-order chi connectivity index (χ0) is 13.9. The molecule has 0 aliphatic rings. The predicted molar refractivity (Wildman–Crippen MR) is 82.6 cm³/mol. The van der Waals surface area contributed by atoms with Crippen molar-refractivity contribution in [1.29, 1.82) is 0 Å². The molecular weight excluding hydrogens is 283 g/mol. The van der Waals surface area contributed by atoms with Crippen molar-refractivity contribution in [3.8, 4) is 0 Å². The van der Waals surface area contributed by atoms with Crippen LogP contribution in [0.25, 0.3) is 0 Å². The van der Waals surface area contributed by atoms with Crippen LogP contribution in [0.4, 0.5) is 0 Å². The highest BCUT2D eigenvalue weighted by atomic mass is 35.5. The molecule has 1 atom stereocenters. The molecule has 108 valence electrons. The van der Waals surface area contributed by atoms with Gasteiger partial charge in [-0.2, -0.15) is 0 Å². The van der Waals surface area contributed by atoms with Crippen LogP contribution in [0.3, 0.4) is 0 Å². The van der Waals surface area contributed by atoms with Crippen molar-refractivity contribution in [2.75, 3.05) is 7.05 Å². The maximum absolute atomic E-state index is 12.1. The fraction of sp³-hybridized carbons (Fsp3) is 0.500. The summed E-state index contributed by atoms with van der Waals surface area (Å²) in [6.07, 6.45) is 0. The fourth-order valence-corrected chi connectivity index (χ4v) is 1.81. The van der Waals surface area contributed by atoms with Crippen LogP contribution in [0, 0.1) is 5.41 Å². The van der Waals surface area contributed by atoms with Crippen molar-refractivity contribution in [1.82, 2.24) is 4.90 Å². The van der Waals surface area contributed by atoms with Crippen molar-refractivity contribution in [2.45, 2.75) is 33.4 Å². The molecule has 0 aromatic heterocycles. The highest BCUT2D eigenvalue weighted by Gasteiger charge is 2.29. The van der Waals surface area contributed by atoms with Crippen molar-refractivity contribution in [3.05, 3.63) is 34.9 Å². The standard InChI is InChI=1S/C14H21ClN2O.ClH/c1-14(2,3)12(16)13(18)17(4)9-10-6-5-7-11(15)8-10;/h5-8,12H,9,16H2,1-4H3;1H/t12-;/m1./s1. The lowest BCUT2D eigenvalue weighted by Crippen LogP contribution is -2.48. The summed E-state index contributed by atoms with van der Waals surface area (Å²) in [6, 6.07) is 6.99. The van der Waals surface area contributed by atoms with E-state index >= 15 is 0 Å². The third-order valence-corrected chi connectivity index (χ3v) is 3.12. The van der Waals surface area contributed by atoms with Crippen LogP contribution in [0.1, 0.15) is 26.3 Å². The number of benzene rings is 1. The maximum Gasteiger partial charge on any atom is 0.240 e. The van der Waals surface area contributed by atoms with E-state index in [4.69, 9.17) is 17.3 Å². The number of halogens is 2. The monoisotopic (exact) mass is 304 g/mol. The van der Waals surface area contributed by atoms with Crippen LogP contribution in [-0.2, 0) is 11.3 Å². The molecule has 0 fully saturated rings. The molecule has 1 aromatic carbocycles. The van der Waals surface area contributed by atoms with Gasteiger partial charge in [0.15, 0.2) is 0 Å². The molecule has 0 aliphatic heterocycles. The van der Waals surface area contributed by atoms with Gasteiger partial charge in [0.2, 0.25) is 5.91 Å². The molecule has 2 N–H and O–H groups in total. The number of carbonyl (C=O) groups is 1. The van der Waals surface area contributed by atoms with E-state index in [0.717, 1.165) is 5.56 Å². The molecule has 0 heterocycles. The van der Waals surface area contributed by atoms with Gasteiger partial charge in [-0.1, -0.05) is 44.5 Å². The summed E-state index contributed by atoms with van der Waals surface area (Å²) in [5, 5.41) is 0.675. The second-order valence-corrected chi connectivity index (χ2v) is 6.10. The number of hydrogen-bond acceptors (Lipinski definition) is 2.